The normalized spacial score (nSPS) is 22.7. The molecule has 4 rings (SSSR count). The molecule has 1 N–H and O–H groups in total. The lowest BCUT2D eigenvalue weighted by Gasteiger charge is -2.37. The lowest BCUT2D eigenvalue weighted by atomic mass is 10.2. The smallest absolute Gasteiger partial charge is 0.267 e. The summed E-state index contributed by atoms with van der Waals surface area (Å²) in [4.78, 5) is 14.9. The van der Waals surface area contributed by atoms with Crippen LogP contribution in [0.15, 0.2) is 34.5 Å². The average molecular weight is 500 g/mol. The van der Waals surface area contributed by atoms with Crippen molar-refractivity contribution in [1.29, 1.82) is 0 Å². The highest BCUT2D eigenvalue weighted by Crippen LogP contribution is 2.29. The Morgan fingerprint density at radius 3 is 2.50 bits per heavy atom. The molecule has 2 atom stereocenters. The Bertz CT molecular complexity index is 1080. The van der Waals surface area contributed by atoms with Gasteiger partial charge in [-0.15, -0.1) is 11.3 Å². The number of sulfonamides is 1. The van der Waals surface area contributed by atoms with Crippen LogP contribution in [0.25, 0.3) is 0 Å². The molecule has 1 aromatic heterocycles. The highest BCUT2D eigenvalue weighted by atomic mass is 32.2. The van der Waals surface area contributed by atoms with Crippen molar-refractivity contribution in [3.8, 4) is 0 Å². The molecule has 2 unspecified atom stereocenters. The summed E-state index contributed by atoms with van der Waals surface area (Å²) in [5.41, 5.74) is 0.726. The van der Waals surface area contributed by atoms with Crippen LogP contribution in [-0.2, 0) is 14.8 Å². The number of hydrogen-bond donors (Lipinski definition) is 1. The molecule has 0 aliphatic carbocycles. The topological polar surface area (TPSA) is 79.0 Å². The molecule has 0 bridgehead atoms. The van der Waals surface area contributed by atoms with E-state index in [1.165, 1.54) is 16.4 Å². The first kappa shape index (κ1) is 23.5. The first-order valence-electron chi connectivity index (χ1n) is 10.4. The van der Waals surface area contributed by atoms with Gasteiger partial charge >= 0.3 is 0 Å². The van der Waals surface area contributed by atoms with Crippen LogP contribution < -0.4 is 10.2 Å². The van der Waals surface area contributed by atoms with Crippen LogP contribution in [0.2, 0.25) is 0 Å². The van der Waals surface area contributed by atoms with E-state index in [2.05, 4.69) is 5.32 Å². The molecule has 0 radical (unpaired) electrons. The minimum Gasteiger partial charge on any atom is -0.372 e. The Morgan fingerprint density at radius 1 is 1.16 bits per heavy atom. The first-order chi connectivity index (χ1) is 15.3. The number of halogens is 1. The van der Waals surface area contributed by atoms with Crippen LogP contribution in [0.5, 0.6) is 0 Å². The lowest BCUT2D eigenvalue weighted by Crippen LogP contribution is -2.45. The minimum atomic E-state index is -3.75. The fraction of sp³-hybridized carbons (Fsp3) is 0.476. The summed E-state index contributed by atoms with van der Waals surface area (Å²) < 4.78 is 48.0. The van der Waals surface area contributed by atoms with Gasteiger partial charge in [0.25, 0.3) is 5.91 Å². The predicted molar refractivity (Wildman–Crippen MR) is 127 cm³/mol. The van der Waals surface area contributed by atoms with E-state index in [1.54, 1.807) is 29.3 Å². The highest BCUT2D eigenvalue weighted by molar-refractivity contribution is 7.99. The van der Waals surface area contributed by atoms with Crippen molar-refractivity contribution in [2.45, 2.75) is 31.0 Å². The maximum atomic E-state index is 14.9. The van der Waals surface area contributed by atoms with Gasteiger partial charge in [-0.05, 0) is 43.5 Å². The van der Waals surface area contributed by atoms with Crippen LogP contribution in [0.3, 0.4) is 0 Å². The van der Waals surface area contributed by atoms with E-state index in [0.29, 0.717) is 31.9 Å². The average Bonchev–Trinajstić information content (AvgIpc) is 3.25. The Hall–Kier alpha value is -1.66. The Balaban J connectivity index is 1.51. The van der Waals surface area contributed by atoms with Crippen molar-refractivity contribution in [3.05, 3.63) is 40.3 Å². The molecular formula is C21H26FN3O4S3. The fourth-order valence-corrected chi connectivity index (χ4v) is 7.87. The molecule has 2 fully saturated rings. The molecule has 0 saturated carbocycles. The number of ether oxygens (including phenoxy) is 1. The molecule has 1 amide bonds. The molecule has 174 valence electrons. The summed E-state index contributed by atoms with van der Waals surface area (Å²) in [5.74, 6) is 0.453. The van der Waals surface area contributed by atoms with Crippen molar-refractivity contribution in [2.75, 3.05) is 47.9 Å². The van der Waals surface area contributed by atoms with Crippen molar-refractivity contribution in [2.24, 2.45) is 0 Å². The van der Waals surface area contributed by atoms with Gasteiger partial charge in [-0.2, -0.15) is 16.1 Å². The second-order valence-electron chi connectivity index (χ2n) is 7.91. The molecule has 2 saturated heterocycles. The summed E-state index contributed by atoms with van der Waals surface area (Å²) in [6, 6.07) is 5.99. The van der Waals surface area contributed by atoms with Gasteiger partial charge in [0.2, 0.25) is 10.0 Å². The Labute approximate surface area is 196 Å². The van der Waals surface area contributed by atoms with E-state index in [9.17, 15) is 17.6 Å². The lowest BCUT2D eigenvalue weighted by molar-refractivity contribution is -0.00539. The number of amides is 1. The van der Waals surface area contributed by atoms with Crippen LogP contribution in [0.4, 0.5) is 15.8 Å². The number of morpholine rings is 1. The second-order valence-corrected chi connectivity index (χ2v) is 12.0. The van der Waals surface area contributed by atoms with Gasteiger partial charge in [-0.1, -0.05) is 0 Å². The van der Waals surface area contributed by atoms with E-state index in [1.807, 2.05) is 18.7 Å². The number of nitrogens with one attached hydrogen (secondary N) is 1. The monoisotopic (exact) mass is 499 g/mol. The number of thiophene rings is 1. The minimum absolute atomic E-state index is 0.000263. The molecule has 0 spiro atoms. The summed E-state index contributed by atoms with van der Waals surface area (Å²) in [6.45, 7) is 5.91. The summed E-state index contributed by atoms with van der Waals surface area (Å²) in [7, 11) is -3.75. The number of carbonyl (C=O) groups excluding carboxylic acids is 1. The van der Waals surface area contributed by atoms with Crippen molar-refractivity contribution in [3.63, 3.8) is 0 Å². The van der Waals surface area contributed by atoms with Gasteiger partial charge in [-0.3, -0.25) is 4.79 Å². The van der Waals surface area contributed by atoms with Crippen LogP contribution >= 0.6 is 23.1 Å². The second kappa shape index (κ2) is 9.68. The largest absolute Gasteiger partial charge is 0.372 e. The molecule has 2 aliphatic rings. The van der Waals surface area contributed by atoms with E-state index in [0.717, 1.165) is 22.8 Å². The number of anilines is 2. The zero-order valence-electron chi connectivity index (χ0n) is 17.9. The number of rotatable bonds is 5. The van der Waals surface area contributed by atoms with E-state index in [4.69, 9.17) is 4.74 Å². The van der Waals surface area contributed by atoms with E-state index >= 15 is 0 Å². The zero-order valence-corrected chi connectivity index (χ0v) is 20.4. The third-order valence-electron chi connectivity index (χ3n) is 5.39. The van der Waals surface area contributed by atoms with E-state index in [-0.39, 0.29) is 27.7 Å². The van der Waals surface area contributed by atoms with Crippen LogP contribution in [-0.4, -0.2) is 68.5 Å². The first-order valence-corrected chi connectivity index (χ1v) is 13.9. The number of thioether (sulfide) groups is 1. The number of hydrogen-bond acceptors (Lipinski definition) is 7. The SMILES string of the molecule is CC1CN(c2ccc(NC(=O)c3sccc3S(=O)(=O)N3CCSCC3)cc2F)CC(C)O1. The number of carbonyl (C=O) groups is 1. The molecule has 2 aromatic rings. The molecule has 32 heavy (non-hydrogen) atoms. The molecule has 7 nitrogen and oxygen atoms in total. The van der Waals surface area contributed by atoms with Gasteiger partial charge in [0.15, 0.2) is 0 Å². The fourth-order valence-electron chi connectivity index (χ4n) is 4.00. The third kappa shape index (κ3) is 4.96. The standard InChI is InChI=1S/C21H26FN3O4S3/c1-14-12-24(13-15(2)29-14)18-4-3-16(11-17(18)22)23-21(26)20-19(5-8-31-20)32(27,28)25-6-9-30-10-7-25/h3-5,8,11,14-15H,6-7,9-10,12-13H2,1-2H3,(H,23,26). The molecule has 3 heterocycles. The highest BCUT2D eigenvalue weighted by Gasteiger charge is 2.31. The third-order valence-corrected chi connectivity index (χ3v) is 9.31. The maximum Gasteiger partial charge on any atom is 0.267 e. The van der Waals surface area contributed by atoms with Crippen molar-refractivity contribution in [1.82, 2.24) is 4.31 Å². The summed E-state index contributed by atoms with van der Waals surface area (Å²) in [6.07, 6.45) is -0.00884. The number of benzene rings is 1. The van der Waals surface area contributed by atoms with Gasteiger partial charge in [-0.25, -0.2) is 12.8 Å². The van der Waals surface area contributed by atoms with Crippen molar-refractivity contribution < 1.29 is 22.3 Å². The number of nitrogens with zero attached hydrogens (tertiary/aromatic N) is 2. The summed E-state index contributed by atoms with van der Waals surface area (Å²) in [5, 5.41) is 4.24. The van der Waals surface area contributed by atoms with E-state index < -0.39 is 21.7 Å². The zero-order chi connectivity index (χ0) is 22.9. The molecule has 2 aliphatic heterocycles. The predicted octanol–water partition coefficient (Wildman–Crippen LogP) is 3.49. The van der Waals surface area contributed by atoms with Crippen LogP contribution in [0.1, 0.15) is 23.5 Å². The molecule has 11 heteroatoms. The van der Waals surface area contributed by atoms with Crippen LogP contribution in [0, 0.1) is 5.82 Å². The van der Waals surface area contributed by atoms with Gasteiger partial charge < -0.3 is 15.0 Å². The van der Waals surface area contributed by atoms with Gasteiger partial charge in [0, 0.05) is 43.4 Å². The van der Waals surface area contributed by atoms with Crippen molar-refractivity contribution >= 4 is 50.4 Å². The molecule has 1 aromatic carbocycles. The quantitative estimate of drug-likeness (QED) is 0.679. The Kier molecular flexibility index (Phi) is 7.11. The maximum absolute atomic E-state index is 14.9. The van der Waals surface area contributed by atoms with Gasteiger partial charge in [0.05, 0.1) is 17.9 Å². The van der Waals surface area contributed by atoms with Gasteiger partial charge in [0.1, 0.15) is 15.6 Å². The molecular weight excluding hydrogens is 473 g/mol. The Morgan fingerprint density at radius 2 is 1.84 bits per heavy atom. The summed E-state index contributed by atoms with van der Waals surface area (Å²) >= 11 is 2.77.